The summed E-state index contributed by atoms with van der Waals surface area (Å²) in [5, 5.41) is 6.15. The van der Waals surface area contributed by atoms with Gasteiger partial charge in [0.25, 0.3) is 11.5 Å². The molecule has 0 atom stereocenters. The molecule has 2 aromatic heterocycles. The van der Waals surface area contributed by atoms with Crippen molar-refractivity contribution in [2.75, 3.05) is 20.3 Å². The molecule has 0 aliphatic heterocycles. The Morgan fingerprint density at radius 2 is 2.23 bits per heavy atom. The summed E-state index contributed by atoms with van der Waals surface area (Å²) in [5.41, 5.74) is 2.44. The molecule has 0 saturated carbocycles. The van der Waals surface area contributed by atoms with Crippen molar-refractivity contribution in [3.63, 3.8) is 0 Å². The molecule has 0 spiro atoms. The van der Waals surface area contributed by atoms with Gasteiger partial charge in [0, 0.05) is 42.6 Å². The lowest BCUT2D eigenvalue weighted by molar-refractivity contribution is 0.0938. The van der Waals surface area contributed by atoms with Crippen molar-refractivity contribution in [1.29, 1.82) is 0 Å². The van der Waals surface area contributed by atoms with Crippen molar-refractivity contribution in [1.82, 2.24) is 19.9 Å². The maximum atomic E-state index is 12.8. The number of amides is 1. The van der Waals surface area contributed by atoms with Gasteiger partial charge in [-0.25, -0.2) is 9.50 Å². The van der Waals surface area contributed by atoms with E-state index in [0.717, 1.165) is 5.56 Å². The summed E-state index contributed by atoms with van der Waals surface area (Å²) in [7, 11) is 1.56. The first-order valence-electron chi connectivity index (χ1n) is 8.12. The summed E-state index contributed by atoms with van der Waals surface area (Å²) in [6.45, 7) is 2.55. The highest BCUT2D eigenvalue weighted by Crippen LogP contribution is 2.16. The van der Waals surface area contributed by atoms with Gasteiger partial charge in [0.1, 0.15) is 5.56 Å². The highest BCUT2D eigenvalue weighted by molar-refractivity contribution is 6.30. The van der Waals surface area contributed by atoms with Crippen molar-refractivity contribution in [2.24, 2.45) is 0 Å². The maximum absolute atomic E-state index is 12.8. The third-order valence-corrected chi connectivity index (χ3v) is 4.30. The molecule has 2 heterocycles. The molecule has 1 aromatic carbocycles. The lowest BCUT2D eigenvalue weighted by atomic mass is 10.1. The molecule has 1 amide bonds. The summed E-state index contributed by atoms with van der Waals surface area (Å²) in [4.78, 5) is 29.6. The first-order chi connectivity index (χ1) is 12.5. The van der Waals surface area contributed by atoms with Crippen molar-refractivity contribution >= 4 is 23.2 Å². The van der Waals surface area contributed by atoms with E-state index < -0.39 is 0 Å². The van der Waals surface area contributed by atoms with Crippen LogP contribution in [0.2, 0.25) is 5.02 Å². The smallest absolute Gasteiger partial charge is 0.276 e. The number of H-pyrrole nitrogens is 1. The zero-order valence-electron chi connectivity index (χ0n) is 14.5. The summed E-state index contributed by atoms with van der Waals surface area (Å²) in [6.07, 6.45) is 1.89. The van der Waals surface area contributed by atoms with E-state index in [9.17, 15) is 9.59 Å². The molecule has 3 aromatic rings. The van der Waals surface area contributed by atoms with Crippen LogP contribution in [0.5, 0.6) is 0 Å². The average Bonchev–Trinajstić information content (AvgIpc) is 3.02. The normalized spacial score (nSPS) is 11.0. The van der Waals surface area contributed by atoms with Gasteiger partial charge < -0.3 is 10.1 Å². The molecule has 26 heavy (non-hydrogen) atoms. The number of aryl methyl sites for hydroxylation is 1. The van der Waals surface area contributed by atoms with E-state index in [1.807, 2.05) is 18.2 Å². The van der Waals surface area contributed by atoms with Gasteiger partial charge in [0.2, 0.25) is 0 Å². The van der Waals surface area contributed by atoms with E-state index in [1.165, 1.54) is 10.7 Å². The lowest BCUT2D eigenvalue weighted by Gasteiger charge is -2.07. The Morgan fingerprint density at radius 1 is 1.42 bits per heavy atom. The second kappa shape index (κ2) is 7.72. The third-order valence-electron chi connectivity index (χ3n) is 4.07. The van der Waals surface area contributed by atoms with Gasteiger partial charge in [-0.3, -0.25) is 14.7 Å². The van der Waals surface area contributed by atoms with E-state index in [0.29, 0.717) is 47.1 Å². The number of methoxy groups -OCH3 is 1. The molecule has 8 heteroatoms. The van der Waals surface area contributed by atoms with Crippen LogP contribution in [0.1, 0.15) is 27.2 Å². The number of hydrogen-bond donors (Lipinski definition) is 2. The van der Waals surface area contributed by atoms with Gasteiger partial charge in [-0.1, -0.05) is 23.7 Å². The fraction of sp³-hybridized carbons (Fsp3) is 0.278. The van der Waals surface area contributed by atoms with Crippen LogP contribution >= 0.6 is 11.6 Å². The molecular weight excluding hydrogens is 356 g/mol. The minimum absolute atomic E-state index is 0.233. The van der Waals surface area contributed by atoms with Gasteiger partial charge in [0.15, 0.2) is 5.65 Å². The molecule has 0 fully saturated rings. The average molecular weight is 375 g/mol. The Labute approximate surface area is 154 Å². The van der Waals surface area contributed by atoms with Crippen LogP contribution in [0.15, 0.2) is 35.3 Å². The standard InChI is InChI=1S/C18H19ClN4O3/c1-11-14(9-12-4-3-5-13(19)8-12)18(25)23-16(22-11)15(10-21-23)17(24)20-6-7-26-2/h3-5,8,10,21H,6-7,9H2,1-2H3,(H,20,24). The van der Waals surface area contributed by atoms with Crippen molar-refractivity contribution in [2.45, 2.75) is 13.3 Å². The second-order valence-electron chi connectivity index (χ2n) is 5.88. The van der Waals surface area contributed by atoms with Crippen LogP contribution in [-0.2, 0) is 11.2 Å². The zero-order valence-corrected chi connectivity index (χ0v) is 15.3. The maximum Gasteiger partial charge on any atom is 0.276 e. The molecule has 3 rings (SSSR count). The topological polar surface area (TPSA) is 88.5 Å². The molecule has 0 aliphatic rings. The molecular formula is C18H19ClN4O3. The molecule has 0 aliphatic carbocycles. The first-order valence-corrected chi connectivity index (χ1v) is 8.50. The van der Waals surface area contributed by atoms with E-state index in [-0.39, 0.29) is 11.5 Å². The van der Waals surface area contributed by atoms with Crippen molar-refractivity contribution in [3.05, 3.63) is 68.2 Å². The number of carbonyl (C=O) groups is 1. The van der Waals surface area contributed by atoms with Crippen molar-refractivity contribution < 1.29 is 9.53 Å². The Balaban J connectivity index is 1.96. The number of nitrogens with one attached hydrogen (secondary N) is 2. The Morgan fingerprint density at radius 3 is 2.96 bits per heavy atom. The number of nitrogens with zero attached hydrogens (tertiary/aromatic N) is 2. The predicted octanol–water partition coefficient (Wildman–Crippen LogP) is 1.95. The largest absolute Gasteiger partial charge is 0.383 e. The number of fused-ring (bicyclic) bond motifs is 1. The van der Waals surface area contributed by atoms with Crippen LogP contribution in [0, 0.1) is 6.92 Å². The van der Waals surface area contributed by atoms with Gasteiger partial charge in [-0.05, 0) is 24.6 Å². The van der Waals surface area contributed by atoms with E-state index in [2.05, 4.69) is 15.4 Å². The van der Waals surface area contributed by atoms with Crippen LogP contribution in [0.4, 0.5) is 0 Å². The van der Waals surface area contributed by atoms with Gasteiger partial charge in [0.05, 0.1) is 6.61 Å². The fourth-order valence-electron chi connectivity index (χ4n) is 2.74. The number of aromatic nitrogens is 3. The highest BCUT2D eigenvalue weighted by atomic mass is 35.5. The summed E-state index contributed by atoms with van der Waals surface area (Å²) >= 11 is 6.02. The summed E-state index contributed by atoms with van der Waals surface area (Å²) in [5.74, 6) is -0.310. The lowest BCUT2D eigenvalue weighted by Crippen LogP contribution is -2.28. The van der Waals surface area contributed by atoms with Gasteiger partial charge in [-0.2, -0.15) is 0 Å². The number of rotatable bonds is 6. The molecule has 0 bridgehead atoms. The molecule has 0 saturated heterocycles. The highest BCUT2D eigenvalue weighted by Gasteiger charge is 2.18. The third kappa shape index (κ3) is 3.63. The van der Waals surface area contributed by atoms with Crippen LogP contribution < -0.4 is 10.9 Å². The van der Waals surface area contributed by atoms with Crippen LogP contribution in [-0.4, -0.2) is 40.8 Å². The Bertz CT molecular complexity index is 1010. The number of halogens is 1. The number of benzene rings is 1. The van der Waals surface area contributed by atoms with E-state index >= 15 is 0 Å². The molecule has 136 valence electrons. The monoisotopic (exact) mass is 374 g/mol. The second-order valence-corrected chi connectivity index (χ2v) is 6.32. The van der Waals surface area contributed by atoms with Gasteiger partial charge in [-0.15, -0.1) is 0 Å². The predicted molar refractivity (Wildman–Crippen MR) is 99.0 cm³/mol. The van der Waals surface area contributed by atoms with E-state index in [1.54, 1.807) is 20.1 Å². The fourth-order valence-corrected chi connectivity index (χ4v) is 2.95. The number of hydrogen-bond acceptors (Lipinski definition) is 4. The zero-order chi connectivity index (χ0) is 18.7. The van der Waals surface area contributed by atoms with Crippen LogP contribution in [0.25, 0.3) is 5.65 Å². The molecule has 0 radical (unpaired) electrons. The van der Waals surface area contributed by atoms with E-state index in [4.69, 9.17) is 16.3 Å². The minimum Gasteiger partial charge on any atom is -0.383 e. The summed E-state index contributed by atoms with van der Waals surface area (Å²) in [6, 6.07) is 7.35. The number of ether oxygens (including phenoxy) is 1. The molecule has 2 N–H and O–H groups in total. The van der Waals surface area contributed by atoms with Crippen LogP contribution in [0.3, 0.4) is 0 Å². The van der Waals surface area contributed by atoms with Crippen molar-refractivity contribution in [3.8, 4) is 0 Å². The minimum atomic E-state index is -0.310. The Hall–Kier alpha value is -2.64. The first kappa shape index (κ1) is 18.2. The number of aromatic amines is 1. The number of carbonyl (C=O) groups excluding carboxylic acids is 1. The Kier molecular flexibility index (Phi) is 5.39. The molecule has 0 unspecified atom stereocenters. The SMILES string of the molecule is COCCNC(=O)c1c[nH]n2c(=O)c(Cc3cccc(Cl)c3)c(C)nc12. The quantitative estimate of drug-likeness (QED) is 0.645. The summed E-state index contributed by atoms with van der Waals surface area (Å²) < 4.78 is 6.20. The van der Waals surface area contributed by atoms with Gasteiger partial charge >= 0.3 is 0 Å². The molecule has 7 nitrogen and oxygen atoms in total.